The summed E-state index contributed by atoms with van der Waals surface area (Å²) in [5.74, 6) is 0. The first-order valence-electron chi connectivity index (χ1n) is 6.39. The molecular weight excluding hydrogens is 286 g/mol. The predicted octanol–water partition coefficient (Wildman–Crippen LogP) is 1.96. The summed E-state index contributed by atoms with van der Waals surface area (Å²) in [6, 6.07) is 9.50. The highest BCUT2D eigenvalue weighted by Crippen LogP contribution is 2.19. The van der Waals surface area contributed by atoms with Crippen molar-refractivity contribution in [3.63, 3.8) is 0 Å². The van der Waals surface area contributed by atoms with Crippen LogP contribution >= 0.6 is 0 Å². The Hall–Kier alpha value is -2.54. The molecule has 1 atom stereocenters. The Balaban J connectivity index is 1.90. The van der Waals surface area contributed by atoms with Gasteiger partial charge in [0.2, 0.25) is 0 Å². The first kappa shape index (κ1) is 12.2. The first-order chi connectivity index (χ1) is 10.2. The summed E-state index contributed by atoms with van der Waals surface area (Å²) in [6.45, 7) is 2.00. The fourth-order valence-corrected chi connectivity index (χ4v) is 3.31. The Labute approximate surface area is 122 Å². The van der Waals surface area contributed by atoms with Crippen LogP contribution in [0.25, 0.3) is 16.8 Å². The van der Waals surface area contributed by atoms with Gasteiger partial charge in [-0.25, -0.2) is 13.2 Å². The van der Waals surface area contributed by atoms with Crippen molar-refractivity contribution >= 4 is 27.8 Å². The molecule has 1 unspecified atom stereocenters. The summed E-state index contributed by atoms with van der Waals surface area (Å²) >= 11 is 0. The molecule has 0 N–H and O–H groups in total. The number of rotatable bonds is 2. The molecule has 0 aliphatic heterocycles. The highest BCUT2D eigenvalue weighted by molar-refractivity contribution is 7.83. The van der Waals surface area contributed by atoms with E-state index in [0.717, 1.165) is 16.0 Å². The predicted molar refractivity (Wildman–Crippen MR) is 79.3 cm³/mol. The Morgan fingerprint density at radius 1 is 1.14 bits per heavy atom. The topological polar surface area (TPSA) is 65.1 Å². The lowest BCUT2D eigenvalue weighted by molar-refractivity contribution is 0.678. The van der Waals surface area contributed by atoms with E-state index in [4.69, 9.17) is 0 Å². The second-order valence-electron chi connectivity index (χ2n) is 4.73. The van der Waals surface area contributed by atoms with E-state index in [2.05, 4.69) is 15.2 Å². The van der Waals surface area contributed by atoms with Crippen molar-refractivity contribution in [2.75, 3.05) is 0 Å². The molecule has 0 spiro atoms. The van der Waals surface area contributed by atoms with Gasteiger partial charge in [0.05, 0.1) is 16.6 Å². The van der Waals surface area contributed by atoms with Crippen molar-refractivity contribution in [1.29, 1.82) is 0 Å². The Morgan fingerprint density at radius 3 is 2.76 bits per heavy atom. The van der Waals surface area contributed by atoms with Gasteiger partial charge in [0.1, 0.15) is 6.33 Å². The third-order valence-corrected chi connectivity index (χ3v) is 4.67. The van der Waals surface area contributed by atoms with Crippen LogP contribution in [-0.2, 0) is 11.0 Å². The van der Waals surface area contributed by atoms with Crippen LogP contribution in [0.3, 0.4) is 0 Å². The summed E-state index contributed by atoms with van der Waals surface area (Å²) in [4.78, 5) is 5.09. The van der Waals surface area contributed by atoms with Gasteiger partial charge in [0.25, 0.3) is 0 Å². The normalized spacial score (nSPS) is 13.0. The molecule has 0 aliphatic rings. The quantitative estimate of drug-likeness (QED) is 0.567. The van der Waals surface area contributed by atoms with E-state index < -0.39 is 11.0 Å². The molecule has 1 aromatic carbocycles. The maximum Gasteiger partial charge on any atom is 0.179 e. The largest absolute Gasteiger partial charge is 0.277 e. The van der Waals surface area contributed by atoms with Gasteiger partial charge in [-0.05, 0) is 25.1 Å². The van der Waals surface area contributed by atoms with Crippen LogP contribution in [-0.4, -0.2) is 27.8 Å². The first-order valence-corrected chi connectivity index (χ1v) is 7.49. The van der Waals surface area contributed by atoms with Crippen LogP contribution in [0.5, 0.6) is 0 Å². The SMILES string of the molecule is Cc1ccc(S(=O)n2ccc3c2ncc2nncn23)cc1. The maximum absolute atomic E-state index is 12.7. The van der Waals surface area contributed by atoms with Gasteiger partial charge in [-0.3, -0.25) is 4.40 Å². The molecule has 0 saturated heterocycles. The fourth-order valence-electron chi connectivity index (χ4n) is 2.25. The number of nitrogens with zero attached hydrogens (tertiary/aromatic N) is 5. The van der Waals surface area contributed by atoms with E-state index in [9.17, 15) is 4.21 Å². The molecule has 7 heteroatoms. The van der Waals surface area contributed by atoms with Gasteiger partial charge in [-0.15, -0.1) is 10.2 Å². The molecule has 0 saturated carbocycles. The van der Waals surface area contributed by atoms with Crippen molar-refractivity contribution in [3.05, 3.63) is 54.6 Å². The number of benzene rings is 1. The lowest BCUT2D eigenvalue weighted by Crippen LogP contribution is -2.05. The van der Waals surface area contributed by atoms with Crippen molar-refractivity contribution in [1.82, 2.24) is 23.6 Å². The molecule has 0 radical (unpaired) electrons. The van der Waals surface area contributed by atoms with Gasteiger partial charge < -0.3 is 0 Å². The van der Waals surface area contributed by atoms with Gasteiger partial charge >= 0.3 is 0 Å². The van der Waals surface area contributed by atoms with Crippen molar-refractivity contribution < 1.29 is 4.21 Å². The molecule has 3 aromatic heterocycles. The van der Waals surface area contributed by atoms with Crippen LogP contribution < -0.4 is 0 Å². The highest BCUT2D eigenvalue weighted by Gasteiger charge is 2.13. The molecule has 3 heterocycles. The molecule has 104 valence electrons. The van der Waals surface area contributed by atoms with Crippen LogP contribution in [0.1, 0.15) is 5.56 Å². The van der Waals surface area contributed by atoms with E-state index in [1.807, 2.05) is 41.7 Å². The second kappa shape index (κ2) is 4.49. The third kappa shape index (κ3) is 1.85. The van der Waals surface area contributed by atoms with Gasteiger partial charge in [-0.2, -0.15) is 0 Å². The third-order valence-electron chi connectivity index (χ3n) is 3.34. The molecule has 0 aliphatic carbocycles. The maximum atomic E-state index is 12.7. The second-order valence-corrected chi connectivity index (χ2v) is 6.09. The fraction of sp³-hybridized carbons (Fsp3) is 0.0714. The lowest BCUT2D eigenvalue weighted by atomic mass is 10.2. The smallest absolute Gasteiger partial charge is 0.179 e. The van der Waals surface area contributed by atoms with Gasteiger partial charge in [0, 0.05) is 6.20 Å². The zero-order valence-corrected chi connectivity index (χ0v) is 12.0. The molecule has 21 heavy (non-hydrogen) atoms. The summed E-state index contributed by atoms with van der Waals surface area (Å²) in [5, 5.41) is 7.82. The van der Waals surface area contributed by atoms with E-state index in [1.54, 1.807) is 22.7 Å². The zero-order valence-electron chi connectivity index (χ0n) is 11.2. The number of aryl methyl sites for hydroxylation is 1. The van der Waals surface area contributed by atoms with Crippen molar-refractivity contribution in [2.24, 2.45) is 0 Å². The van der Waals surface area contributed by atoms with Crippen molar-refractivity contribution in [3.8, 4) is 0 Å². The molecule has 0 fully saturated rings. The minimum absolute atomic E-state index is 0.640. The van der Waals surface area contributed by atoms with E-state index in [0.29, 0.717) is 11.3 Å². The number of hydrogen-bond donors (Lipinski definition) is 0. The summed E-state index contributed by atoms with van der Waals surface area (Å²) in [5.41, 5.74) is 3.28. The Kier molecular flexibility index (Phi) is 2.61. The molecule has 0 amide bonds. The van der Waals surface area contributed by atoms with E-state index in [-0.39, 0.29) is 0 Å². The highest BCUT2D eigenvalue weighted by atomic mass is 32.2. The van der Waals surface area contributed by atoms with Crippen LogP contribution in [0.15, 0.2) is 53.9 Å². The van der Waals surface area contributed by atoms with Crippen LogP contribution in [0, 0.1) is 6.92 Å². The summed E-state index contributed by atoms with van der Waals surface area (Å²) in [7, 11) is -1.33. The monoisotopic (exact) mass is 297 g/mol. The molecule has 6 nitrogen and oxygen atoms in total. The molecule has 4 aromatic rings. The Bertz CT molecular complexity index is 970. The van der Waals surface area contributed by atoms with Crippen LogP contribution in [0.2, 0.25) is 0 Å². The Morgan fingerprint density at radius 2 is 1.95 bits per heavy atom. The van der Waals surface area contributed by atoms with Gasteiger partial charge in [-0.1, -0.05) is 17.7 Å². The number of aromatic nitrogens is 5. The van der Waals surface area contributed by atoms with Gasteiger partial charge in [0.15, 0.2) is 22.3 Å². The lowest BCUT2D eigenvalue weighted by Gasteiger charge is -2.05. The average Bonchev–Trinajstić information content (AvgIpc) is 3.13. The molecule has 4 rings (SSSR count). The summed E-state index contributed by atoms with van der Waals surface area (Å²) in [6.07, 6.45) is 5.02. The molecular formula is C14H11N5OS. The van der Waals surface area contributed by atoms with Crippen LogP contribution in [0.4, 0.5) is 0 Å². The minimum Gasteiger partial charge on any atom is -0.277 e. The van der Waals surface area contributed by atoms with E-state index >= 15 is 0 Å². The standard InChI is InChI=1S/C14H11N5OS/c1-10-2-4-11(5-3-10)21(20)19-7-6-12-14(19)15-8-13-17-16-9-18(12)13/h2-9H,1H3. The number of hydrogen-bond acceptors (Lipinski definition) is 4. The number of fused-ring (bicyclic) bond motifs is 3. The van der Waals surface area contributed by atoms with E-state index in [1.165, 1.54) is 0 Å². The average molecular weight is 297 g/mol. The zero-order chi connectivity index (χ0) is 14.4. The summed E-state index contributed by atoms with van der Waals surface area (Å²) < 4.78 is 16.2. The van der Waals surface area contributed by atoms with Crippen molar-refractivity contribution in [2.45, 2.75) is 11.8 Å². The molecule has 0 bridgehead atoms. The minimum atomic E-state index is -1.33.